The quantitative estimate of drug-likeness (QED) is 0.400. The SMILES string of the molecule is CCNC(=NCC(O)c1ccncc1)N(C)Cc1ccccc1C.I. The predicted molar refractivity (Wildman–Crippen MR) is 113 cm³/mol. The topological polar surface area (TPSA) is 60.8 Å². The number of guanidine groups is 1. The highest BCUT2D eigenvalue weighted by atomic mass is 127. The zero-order chi connectivity index (χ0) is 17.4. The second-order valence-electron chi connectivity index (χ2n) is 5.77. The Bertz CT molecular complexity index is 663. The van der Waals surface area contributed by atoms with Crippen molar-refractivity contribution in [3.63, 3.8) is 0 Å². The number of aliphatic hydroxyl groups excluding tert-OH is 1. The maximum Gasteiger partial charge on any atom is 0.194 e. The standard InChI is InChI=1S/C19H26N4O.HI/c1-4-21-19(22-13-18(24)16-9-11-20-12-10-16)23(3)14-17-8-6-5-7-15(17)2;/h5-12,18,24H,4,13-14H2,1-3H3,(H,21,22);1H. The van der Waals surface area contributed by atoms with Gasteiger partial charge in [0.2, 0.25) is 0 Å². The van der Waals surface area contributed by atoms with E-state index in [1.165, 1.54) is 11.1 Å². The van der Waals surface area contributed by atoms with Crippen LogP contribution in [0, 0.1) is 6.92 Å². The Hall–Kier alpha value is -1.67. The molecule has 0 saturated heterocycles. The molecule has 1 aromatic heterocycles. The summed E-state index contributed by atoms with van der Waals surface area (Å²) in [5.74, 6) is 0.786. The molecule has 0 radical (unpaired) electrons. The van der Waals surface area contributed by atoms with Crippen molar-refractivity contribution in [1.82, 2.24) is 15.2 Å². The molecule has 5 nitrogen and oxygen atoms in total. The maximum absolute atomic E-state index is 10.3. The van der Waals surface area contributed by atoms with Crippen LogP contribution >= 0.6 is 24.0 Å². The third-order valence-corrected chi connectivity index (χ3v) is 3.87. The molecule has 6 heteroatoms. The normalized spacial score (nSPS) is 12.2. The largest absolute Gasteiger partial charge is 0.386 e. The summed E-state index contributed by atoms with van der Waals surface area (Å²) in [6.45, 7) is 6.01. The van der Waals surface area contributed by atoms with E-state index in [2.05, 4.69) is 39.2 Å². The van der Waals surface area contributed by atoms with Crippen LogP contribution in [0.5, 0.6) is 0 Å². The van der Waals surface area contributed by atoms with Gasteiger partial charge in [-0.1, -0.05) is 24.3 Å². The summed E-state index contributed by atoms with van der Waals surface area (Å²) in [5, 5.41) is 13.6. The fourth-order valence-corrected chi connectivity index (χ4v) is 2.45. The van der Waals surface area contributed by atoms with Crippen molar-refractivity contribution >= 4 is 29.9 Å². The van der Waals surface area contributed by atoms with Crippen LogP contribution < -0.4 is 5.32 Å². The van der Waals surface area contributed by atoms with Crippen LogP contribution in [-0.2, 0) is 6.54 Å². The summed E-state index contributed by atoms with van der Waals surface area (Å²) < 4.78 is 0. The van der Waals surface area contributed by atoms with E-state index in [1.54, 1.807) is 12.4 Å². The molecule has 1 heterocycles. The first-order valence-corrected chi connectivity index (χ1v) is 8.23. The highest BCUT2D eigenvalue weighted by molar-refractivity contribution is 14.0. The van der Waals surface area contributed by atoms with Crippen molar-refractivity contribution in [2.75, 3.05) is 20.1 Å². The fraction of sp³-hybridized carbons (Fsp3) is 0.368. The highest BCUT2D eigenvalue weighted by Gasteiger charge is 2.10. The molecule has 0 amide bonds. The number of aromatic nitrogens is 1. The molecular formula is C19H27IN4O. The molecule has 136 valence electrons. The van der Waals surface area contributed by atoms with Gasteiger partial charge in [-0.05, 0) is 42.7 Å². The van der Waals surface area contributed by atoms with Gasteiger partial charge in [0.15, 0.2) is 5.96 Å². The van der Waals surface area contributed by atoms with Crippen molar-refractivity contribution in [3.05, 3.63) is 65.5 Å². The number of hydrogen-bond acceptors (Lipinski definition) is 3. The van der Waals surface area contributed by atoms with E-state index in [9.17, 15) is 5.11 Å². The van der Waals surface area contributed by atoms with Gasteiger partial charge >= 0.3 is 0 Å². The van der Waals surface area contributed by atoms with Gasteiger partial charge in [0.25, 0.3) is 0 Å². The average Bonchev–Trinajstić information content (AvgIpc) is 2.61. The number of halogens is 1. The van der Waals surface area contributed by atoms with Crippen molar-refractivity contribution in [1.29, 1.82) is 0 Å². The molecular weight excluding hydrogens is 427 g/mol. The minimum Gasteiger partial charge on any atom is -0.386 e. The third kappa shape index (κ3) is 6.62. The summed E-state index contributed by atoms with van der Waals surface area (Å²) in [5.41, 5.74) is 3.35. The number of aryl methyl sites for hydroxylation is 1. The number of nitrogens with zero attached hydrogens (tertiary/aromatic N) is 3. The number of hydrogen-bond donors (Lipinski definition) is 2. The Kier molecular flexibility index (Phi) is 9.44. The molecule has 2 aromatic rings. The monoisotopic (exact) mass is 454 g/mol. The lowest BCUT2D eigenvalue weighted by Gasteiger charge is -2.23. The third-order valence-electron chi connectivity index (χ3n) is 3.87. The van der Waals surface area contributed by atoms with Gasteiger partial charge in [-0.2, -0.15) is 0 Å². The molecule has 0 bridgehead atoms. The van der Waals surface area contributed by atoms with Crippen molar-refractivity contribution < 1.29 is 5.11 Å². The molecule has 2 N–H and O–H groups in total. The first kappa shape index (κ1) is 21.4. The second kappa shape index (κ2) is 11.0. The van der Waals surface area contributed by atoms with E-state index >= 15 is 0 Å². The maximum atomic E-state index is 10.3. The van der Waals surface area contributed by atoms with E-state index in [0.29, 0.717) is 6.54 Å². The number of rotatable bonds is 6. The van der Waals surface area contributed by atoms with Crippen molar-refractivity contribution in [2.45, 2.75) is 26.5 Å². The fourth-order valence-electron chi connectivity index (χ4n) is 2.45. The summed E-state index contributed by atoms with van der Waals surface area (Å²) in [7, 11) is 2.01. The van der Waals surface area contributed by atoms with Crippen molar-refractivity contribution in [3.8, 4) is 0 Å². The second-order valence-corrected chi connectivity index (χ2v) is 5.77. The van der Waals surface area contributed by atoms with E-state index < -0.39 is 6.10 Å². The summed E-state index contributed by atoms with van der Waals surface area (Å²) in [4.78, 5) is 10.6. The Morgan fingerprint density at radius 1 is 1.24 bits per heavy atom. The molecule has 2 rings (SSSR count). The van der Waals surface area contributed by atoms with Crippen LogP contribution in [-0.4, -0.2) is 41.1 Å². The number of nitrogens with one attached hydrogen (secondary N) is 1. The average molecular weight is 454 g/mol. The van der Waals surface area contributed by atoms with Crippen LogP contribution in [0.3, 0.4) is 0 Å². The number of aliphatic hydroxyl groups is 1. The smallest absolute Gasteiger partial charge is 0.194 e. The first-order valence-electron chi connectivity index (χ1n) is 8.23. The lowest BCUT2D eigenvalue weighted by atomic mass is 10.1. The summed E-state index contributed by atoms with van der Waals surface area (Å²) in [6, 6.07) is 12.0. The van der Waals surface area contributed by atoms with E-state index in [-0.39, 0.29) is 24.0 Å². The minimum absolute atomic E-state index is 0. The van der Waals surface area contributed by atoms with Crippen LogP contribution in [0.1, 0.15) is 29.7 Å². The van der Waals surface area contributed by atoms with E-state index in [4.69, 9.17) is 0 Å². The summed E-state index contributed by atoms with van der Waals surface area (Å²) >= 11 is 0. The number of benzene rings is 1. The van der Waals surface area contributed by atoms with Crippen LogP contribution in [0.15, 0.2) is 53.8 Å². The molecule has 1 unspecified atom stereocenters. The van der Waals surface area contributed by atoms with Gasteiger partial charge in [0.05, 0.1) is 12.6 Å². The lowest BCUT2D eigenvalue weighted by Crippen LogP contribution is -2.38. The van der Waals surface area contributed by atoms with Gasteiger partial charge in [-0.3, -0.25) is 9.98 Å². The van der Waals surface area contributed by atoms with Crippen molar-refractivity contribution in [2.24, 2.45) is 4.99 Å². The molecule has 0 aliphatic heterocycles. The Morgan fingerprint density at radius 2 is 1.92 bits per heavy atom. The predicted octanol–water partition coefficient (Wildman–Crippen LogP) is 3.14. The summed E-state index contributed by atoms with van der Waals surface area (Å²) in [6.07, 6.45) is 2.73. The van der Waals surface area contributed by atoms with E-state index in [1.807, 2.05) is 38.2 Å². The molecule has 25 heavy (non-hydrogen) atoms. The minimum atomic E-state index is -0.631. The zero-order valence-electron chi connectivity index (χ0n) is 15.0. The molecule has 0 spiro atoms. The van der Waals surface area contributed by atoms with Crippen LogP contribution in [0.2, 0.25) is 0 Å². The molecule has 0 aliphatic carbocycles. The highest BCUT2D eigenvalue weighted by Crippen LogP contribution is 2.12. The molecule has 1 aromatic carbocycles. The van der Waals surface area contributed by atoms with Gasteiger partial charge in [0.1, 0.15) is 0 Å². The Labute approximate surface area is 167 Å². The van der Waals surface area contributed by atoms with Gasteiger partial charge < -0.3 is 15.3 Å². The first-order chi connectivity index (χ1) is 11.6. The number of aliphatic imine (C=N–C) groups is 1. The molecule has 0 fully saturated rings. The van der Waals surface area contributed by atoms with Gasteiger partial charge in [-0.25, -0.2) is 0 Å². The molecule has 0 aliphatic rings. The Morgan fingerprint density at radius 3 is 2.56 bits per heavy atom. The zero-order valence-corrected chi connectivity index (χ0v) is 17.3. The van der Waals surface area contributed by atoms with Gasteiger partial charge in [0, 0.05) is 32.5 Å². The van der Waals surface area contributed by atoms with Crippen LogP contribution in [0.25, 0.3) is 0 Å². The molecule has 1 atom stereocenters. The lowest BCUT2D eigenvalue weighted by molar-refractivity contribution is 0.186. The van der Waals surface area contributed by atoms with Crippen LogP contribution in [0.4, 0.5) is 0 Å². The van der Waals surface area contributed by atoms with E-state index in [0.717, 1.165) is 24.6 Å². The number of pyridine rings is 1. The Balaban J connectivity index is 0.00000312. The molecule has 0 saturated carbocycles. The van der Waals surface area contributed by atoms with Gasteiger partial charge in [-0.15, -0.1) is 24.0 Å².